The summed E-state index contributed by atoms with van der Waals surface area (Å²) >= 11 is 1.69. The lowest BCUT2D eigenvalue weighted by Gasteiger charge is -2.11. The molecule has 3 N–H and O–H groups in total. The third kappa shape index (κ3) is 5.92. The Balaban J connectivity index is 1.62. The molecular weight excluding hydrogens is 386 g/mol. The van der Waals surface area contributed by atoms with Crippen molar-refractivity contribution < 1.29 is 9.21 Å². The van der Waals surface area contributed by atoms with Crippen LogP contribution in [0.1, 0.15) is 38.6 Å². The molecule has 0 fully saturated rings. The molecule has 3 aromatic rings. The number of rotatable bonds is 7. The summed E-state index contributed by atoms with van der Waals surface area (Å²) in [6.45, 7) is 8.00. The summed E-state index contributed by atoms with van der Waals surface area (Å²) < 4.78 is 5.12. The average Bonchev–Trinajstić information content (AvgIpc) is 3.34. The van der Waals surface area contributed by atoms with Crippen LogP contribution in [0.4, 0.5) is 5.69 Å². The lowest BCUT2D eigenvalue weighted by atomic mass is 10.2. The summed E-state index contributed by atoms with van der Waals surface area (Å²) in [7, 11) is 0. The van der Waals surface area contributed by atoms with E-state index < -0.39 is 0 Å². The van der Waals surface area contributed by atoms with Gasteiger partial charge in [0, 0.05) is 17.1 Å². The molecule has 0 radical (unpaired) electrons. The van der Waals surface area contributed by atoms with Gasteiger partial charge in [-0.25, -0.2) is 9.98 Å². The zero-order chi connectivity index (χ0) is 20.6. The molecule has 2 heterocycles. The van der Waals surface area contributed by atoms with Crippen LogP contribution in [0, 0.1) is 13.8 Å². The number of nitrogens with zero attached hydrogens (tertiary/aromatic N) is 2. The Morgan fingerprint density at radius 1 is 1.21 bits per heavy atom. The second-order valence-electron chi connectivity index (χ2n) is 6.42. The number of amides is 1. The fourth-order valence-electron chi connectivity index (χ4n) is 2.76. The number of guanidine groups is 1. The molecule has 0 spiro atoms. The maximum absolute atomic E-state index is 12.1. The van der Waals surface area contributed by atoms with E-state index in [9.17, 15) is 4.79 Å². The lowest BCUT2D eigenvalue weighted by Crippen LogP contribution is -2.36. The van der Waals surface area contributed by atoms with Crippen LogP contribution in [-0.2, 0) is 13.1 Å². The molecule has 8 heteroatoms. The van der Waals surface area contributed by atoms with Gasteiger partial charge >= 0.3 is 0 Å². The van der Waals surface area contributed by atoms with E-state index in [0.717, 1.165) is 28.8 Å². The van der Waals surface area contributed by atoms with Crippen molar-refractivity contribution in [3.8, 4) is 0 Å². The first-order valence-electron chi connectivity index (χ1n) is 9.44. The summed E-state index contributed by atoms with van der Waals surface area (Å²) in [5, 5.41) is 10.5. The van der Waals surface area contributed by atoms with Crippen molar-refractivity contribution in [3.05, 3.63) is 69.6 Å². The summed E-state index contributed by atoms with van der Waals surface area (Å²) in [5.74, 6) is 0.740. The van der Waals surface area contributed by atoms with Crippen LogP contribution in [0.2, 0.25) is 0 Å². The highest BCUT2D eigenvalue weighted by atomic mass is 32.1. The first kappa shape index (κ1) is 20.6. The molecule has 0 atom stereocenters. The molecular formula is C21H25N5O2S. The number of aromatic nitrogens is 1. The number of aryl methyl sites for hydroxylation is 2. The molecule has 0 unspecified atom stereocenters. The molecule has 0 aliphatic rings. The van der Waals surface area contributed by atoms with Crippen LogP contribution in [0.3, 0.4) is 0 Å². The number of carbonyl (C=O) groups excluding carboxylic acids is 1. The molecule has 0 aliphatic carbocycles. The van der Waals surface area contributed by atoms with Gasteiger partial charge in [0.05, 0.1) is 30.1 Å². The van der Waals surface area contributed by atoms with E-state index in [1.807, 2.05) is 45.0 Å². The number of benzene rings is 1. The quantitative estimate of drug-likeness (QED) is 0.406. The van der Waals surface area contributed by atoms with Crippen molar-refractivity contribution >= 4 is 28.9 Å². The van der Waals surface area contributed by atoms with E-state index in [-0.39, 0.29) is 11.7 Å². The minimum atomic E-state index is -0.277. The van der Waals surface area contributed by atoms with Crippen molar-refractivity contribution in [1.82, 2.24) is 15.6 Å². The molecule has 7 nitrogen and oxygen atoms in total. The molecule has 29 heavy (non-hydrogen) atoms. The van der Waals surface area contributed by atoms with Gasteiger partial charge < -0.3 is 20.4 Å². The molecule has 1 aromatic carbocycles. The van der Waals surface area contributed by atoms with Gasteiger partial charge in [0.25, 0.3) is 5.91 Å². The van der Waals surface area contributed by atoms with Gasteiger partial charge in [-0.2, -0.15) is 0 Å². The first-order chi connectivity index (χ1) is 14.0. The average molecular weight is 412 g/mol. The zero-order valence-corrected chi connectivity index (χ0v) is 17.6. The fourth-order valence-corrected chi connectivity index (χ4v) is 3.64. The van der Waals surface area contributed by atoms with Gasteiger partial charge in [-0.15, -0.1) is 11.3 Å². The minimum Gasteiger partial charge on any atom is -0.459 e. The molecule has 3 rings (SSSR count). The number of carbonyl (C=O) groups is 1. The normalized spacial score (nSPS) is 11.3. The summed E-state index contributed by atoms with van der Waals surface area (Å²) in [6, 6.07) is 10.9. The molecule has 0 saturated carbocycles. The van der Waals surface area contributed by atoms with Crippen LogP contribution in [0.15, 0.2) is 52.1 Å². The predicted octanol–water partition coefficient (Wildman–Crippen LogP) is 3.86. The highest BCUT2D eigenvalue weighted by molar-refractivity contribution is 7.11. The molecule has 0 bridgehead atoms. The Bertz CT molecular complexity index is 979. The van der Waals surface area contributed by atoms with Gasteiger partial charge in [0.1, 0.15) is 0 Å². The van der Waals surface area contributed by atoms with Crippen LogP contribution in [0.5, 0.6) is 0 Å². The third-order valence-corrected chi connectivity index (χ3v) is 5.18. The topological polar surface area (TPSA) is 91.5 Å². The highest BCUT2D eigenvalue weighted by Gasteiger charge is 2.09. The second-order valence-corrected chi connectivity index (χ2v) is 7.71. The molecule has 0 aliphatic heterocycles. The number of furan rings is 1. The molecule has 0 saturated heterocycles. The SMILES string of the molecule is CCNC(=NCc1cccc(NC(=O)c2ccco2)c1)NCc1sc(C)nc1C. The van der Waals surface area contributed by atoms with Crippen molar-refractivity contribution in [3.63, 3.8) is 0 Å². The van der Waals surface area contributed by atoms with Gasteiger partial charge in [-0.1, -0.05) is 12.1 Å². The third-order valence-electron chi connectivity index (χ3n) is 4.11. The van der Waals surface area contributed by atoms with Crippen molar-refractivity contribution in [2.45, 2.75) is 33.9 Å². The van der Waals surface area contributed by atoms with Gasteiger partial charge in [-0.3, -0.25) is 4.79 Å². The monoisotopic (exact) mass is 411 g/mol. The molecule has 1 amide bonds. The van der Waals surface area contributed by atoms with E-state index >= 15 is 0 Å². The number of anilines is 1. The van der Waals surface area contributed by atoms with Crippen LogP contribution >= 0.6 is 11.3 Å². The summed E-state index contributed by atoms with van der Waals surface area (Å²) in [5.41, 5.74) is 2.74. The second kappa shape index (κ2) is 9.88. The Morgan fingerprint density at radius 2 is 2.07 bits per heavy atom. The van der Waals surface area contributed by atoms with Crippen LogP contribution in [0.25, 0.3) is 0 Å². The summed E-state index contributed by atoms with van der Waals surface area (Å²) in [6.07, 6.45) is 1.48. The smallest absolute Gasteiger partial charge is 0.291 e. The number of thiazole rings is 1. The van der Waals surface area contributed by atoms with Crippen molar-refractivity contribution in [2.75, 3.05) is 11.9 Å². The Kier molecular flexibility index (Phi) is 7.02. The zero-order valence-electron chi connectivity index (χ0n) is 16.8. The van der Waals surface area contributed by atoms with E-state index in [1.165, 1.54) is 11.1 Å². The first-order valence-corrected chi connectivity index (χ1v) is 10.3. The van der Waals surface area contributed by atoms with E-state index in [0.29, 0.717) is 18.8 Å². The number of nitrogens with one attached hydrogen (secondary N) is 3. The number of hydrogen-bond donors (Lipinski definition) is 3. The standard InChI is InChI=1S/C21H25N5O2S/c1-4-22-21(24-13-19-14(2)25-15(3)29-19)23-12-16-7-5-8-17(11-16)26-20(27)18-9-6-10-28-18/h5-11H,4,12-13H2,1-3H3,(H,26,27)(H2,22,23,24). The van der Waals surface area contributed by atoms with Crippen LogP contribution in [-0.4, -0.2) is 23.4 Å². The maximum atomic E-state index is 12.1. The number of aliphatic imine (C=N–C) groups is 1. The minimum absolute atomic E-state index is 0.277. The van der Waals surface area contributed by atoms with E-state index in [4.69, 9.17) is 4.42 Å². The summed E-state index contributed by atoms with van der Waals surface area (Å²) in [4.78, 5) is 22.4. The Hall–Kier alpha value is -3.13. The van der Waals surface area contributed by atoms with Gasteiger partial charge in [-0.05, 0) is 50.6 Å². The van der Waals surface area contributed by atoms with Gasteiger partial charge in [0.15, 0.2) is 11.7 Å². The molecule has 152 valence electrons. The Labute approximate surface area is 174 Å². The maximum Gasteiger partial charge on any atom is 0.291 e. The highest BCUT2D eigenvalue weighted by Crippen LogP contribution is 2.17. The largest absolute Gasteiger partial charge is 0.459 e. The predicted molar refractivity (Wildman–Crippen MR) is 116 cm³/mol. The number of hydrogen-bond acceptors (Lipinski definition) is 5. The fraction of sp³-hybridized carbons (Fsp3) is 0.286. The van der Waals surface area contributed by atoms with Crippen molar-refractivity contribution in [1.29, 1.82) is 0 Å². The Morgan fingerprint density at radius 3 is 2.76 bits per heavy atom. The van der Waals surface area contributed by atoms with Crippen molar-refractivity contribution in [2.24, 2.45) is 4.99 Å². The van der Waals surface area contributed by atoms with Gasteiger partial charge in [0.2, 0.25) is 0 Å². The molecule has 2 aromatic heterocycles. The van der Waals surface area contributed by atoms with E-state index in [2.05, 4.69) is 25.9 Å². The van der Waals surface area contributed by atoms with Crippen LogP contribution < -0.4 is 16.0 Å². The lowest BCUT2D eigenvalue weighted by molar-refractivity contribution is 0.0996. The van der Waals surface area contributed by atoms with E-state index in [1.54, 1.807) is 23.5 Å².